The van der Waals surface area contributed by atoms with E-state index >= 15 is 0 Å². The quantitative estimate of drug-likeness (QED) is 0.532. The van der Waals surface area contributed by atoms with Crippen molar-refractivity contribution in [3.05, 3.63) is 74.6 Å². The second-order valence-corrected chi connectivity index (χ2v) is 9.43. The second kappa shape index (κ2) is 8.27. The molecule has 0 fully saturated rings. The van der Waals surface area contributed by atoms with Crippen LogP contribution in [0.15, 0.2) is 62.8 Å². The first-order chi connectivity index (χ1) is 12.1. The van der Waals surface area contributed by atoms with Gasteiger partial charge in [-0.05, 0) is 68.9 Å². The Hall–Kier alpha value is -1.47. The highest BCUT2D eigenvalue weighted by atomic mass is 32.2. The maximum atomic E-state index is 13.2. The molecule has 6 heteroatoms. The predicted octanol–water partition coefficient (Wildman–Crippen LogP) is 5.15. The highest BCUT2D eigenvalue weighted by Crippen LogP contribution is 2.23. The zero-order valence-corrected chi connectivity index (χ0v) is 16.5. The Bertz CT molecular complexity index is 831. The molecule has 0 atom stereocenters. The molecule has 0 amide bonds. The SMILES string of the molecule is CCCc1ccc(S(=O)(=O)N(Cc2ccsc2)Cc2ccsc2)cc1. The lowest BCUT2D eigenvalue weighted by Crippen LogP contribution is -2.30. The minimum Gasteiger partial charge on any atom is -0.207 e. The lowest BCUT2D eigenvalue weighted by Gasteiger charge is -2.21. The number of hydrogen-bond donors (Lipinski definition) is 0. The van der Waals surface area contributed by atoms with E-state index in [2.05, 4.69) is 6.92 Å². The largest absolute Gasteiger partial charge is 0.243 e. The number of aryl methyl sites for hydroxylation is 1. The molecule has 0 spiro atoms. The van der Waals surface area contributed by atoms with Gasteiger partial charge in [0.05, 0.1) is 4.90 Å². The highest BCUT2D eigenvalue weighted by molar-refractivity contribution is 7.89. The van der Waals surface area contributed by atoms with Crippen molar-refractivity contribution in [2.24, 2.45) is 0 Å². The van der Waals surface area contributed by atoms with Gasteiger partial charge in [0.15, 0.2) is 0 Å². The van der Waals surface area contributed by atoms with Crippen LogP contribution in [0, 0.1) is 0 Å². The van der Waals surface area contributed by atoms with E-state index in [1.165, 1.54) is 5.56 Å². The number of thiophene rings is 2. The standard InChI is InChI=1S/C19H21NO2S3/c1-2-3-16-4-6-19(7-5-16)25(21,22)20(12-17-8-10-23-14-17)13-18-9-11-24-15-18/h4-11,14-15H,2-3,12-13H2,1H3. The van der Waals surface area contributed by atoms with Crippen molar-refractivity contribution in [2.45, 2.75) is 37.8 Å². The summed E-state index contributed by atoms with van der Waals surface area (Å²) in [4.78, 5) is 0.359. The zero-order chi connectivity index (χ0) is 17.7. The molecule has 25 heavy (non-hydrogen) atoms. The van der Waals surface area contributed by atoms with Crippen molar-refractivity contribution in [1.29, 1.82) is 0 Å². The number of benzene rings is 1. The average Bonchev–Trinajstić information content (AvgIpc) is 3.29. The summed E-state index contributed by atoms with van der Waals surface area (Å²) in [6, 6.07) is 11.3. The molecule has 3 aromatic rings. The highest BCUT2D eigenvalue weighted by Gasteiger charge is 2.25. The normalized spacial score (nSPS) is 11.9. The first-order valence-electron chi connectivity index (χ1n) is 8.21. The van der Waals surface area contributed by atoms with Gasteiger partial charge in [0.25, 0.3) is 0 Å². The van der Waals surface area contributed by atoms with Gasteiger partial charge in [-0.3, -0.25) is 0 Å². The molecule has 0 saturated heterocycles. The molecule has 2 heterocycles. The van der Waals surface area contributed by atoms with E-state index in [-0.39, 0.29) is 0 Å². The van der Waals surface area contributed by atoms with Crippen molar-refractivity contribution in [2.75, 3.05) is 0 Å². The molecule has 3 nitrogen and oxygen atoms in total. The summed E-state index contributed by atoms with van der Waals surface area (Å²) in [6.07, 6.45) is 2.02. The Kier molecular flexibility index (Phi) is 6.06. The average molecular weight is 392 g/mol. The van der Waals surface area contributed by atoms with Crippen LogP contribution in [0.1, 0.15) is 30.0 Å². The first-order valence-corrected chi connectivity index (χ1v) is 11.5. The fourth-order valence-corrected chi connectivity index (χ4v) is 5.40. The molecule has 0 aliphatic heterocycles. The van der Waals surface area contributed by atoms with Crippen LogP contribution in [0.3, 0.4) is 0 Å². The van der Waals surface area contributed by atoms with Crippen LogP contribution < -0.4 is 0 Å². The van der Waals surface area contributed by atoms with Crippen molar-refractivity contribution in [1.82, 2.24) is 4.31 Å². The van der Waals surface area contributed by atoms with Gasteiger partial charge in [0.1, 0.15) is 0 Å². The lowest BCUT2D eigenvalue weighted by atomic mass is 10.1. The van der Waals surface area contributed by atoms with E-state index in [9.17, 15) is 8.42 Å². The third kappa shape index (κ3) is 4.58. The molecule has 0 N–H and O–H groups in total. The zero-order valence-electron chi connectivity index (χ0n) is 14.1. The van der Waals surface area contributed by atoms with Crippen molar-refractivity contribution in [3.63, 3.8) is 0 Å². The van der Waals surface area contributed by atoms with Gasteiger partial charge in [0.2, 0.25) is 10.0 Å². The van der Waals surface area contributed by atoms with Gasteiger partial charge in [-0.1, -0.05) is 25.5 Å². The van der Waals surface area contributed by atoms with Gasteiger partial charge in [-0.25, -0.2) is 8.42 Å². The smallest absolute Gasteiger partial charge is 0.207 e. The summed E-state index contributed by atoms with van der Waals surface area (Å²) in [6.45, 7) is 2.89. The van der Waals surface area contributed by atoms with Gasteiger partial charge in [-0.2, -0.15) is 27.0 Å². The molecule has 0 aliphatic carbocycles. The molecule has 1 aromatic carbocycles. The van der Waals surface area contributed by atoms with E-state index in [1.54, 1.807) is 39.1 Å². The number of sulfonamides is 1. The topological polar surface area (TPSA) is 37.4 Å². The molecule has 3 rings (SSSR count). The van der Waals surface area contributed by atoms with Crippen molar-refractivity contribution < 1.29 is 8.42 Å². The molecule has 0 saturated carbocycles. The van der Waals surface area contributed by atoms with Crippen LogP contribution in [0.2, 0.25) is 0 Å². The molecule has 0 bridgehead atoms. The molecular formula is C19H21NO2S3. The third-order valence-corrected chi connectivity index (χ3v) is 7.25. The summed E-state index contributed by atoms with van der Waals surface area (Å²) in [5, 5.41) is 7.95. The van der Waals surface area contributed by atoms with Gasteiger partial charge in [0, 0.05) is 13.1 Å². The Morgan fingerprint density at radius 1 is 0.840 bits per heavy atom. The summed E-state index contributed by atoms with van der Waals surface area (Å²) in [5.74, 6) is 0. The van der Waals surface area contributed by atoms with Gasteiger partial charge in [-0.15, -0.1) is 0 Å². The van der Waals surface area contributed by atoms with E-state index in [0.717, 1.165) is 24.0 Å². The minimum atomic E-state index is -3.54. The number of nitrogens with zero attached hydrogens (tertiary/aromatic N) is 1. The summed E-state index contributed by atoms with van der Waals surface area (Å²) < 4.78 is 27.9. The molecular weight excluding hydrogens is 370 g/mol. The number of hydrogen-bond acceptors (Lipinski definition) is 4. The van der Waals surface area contributed by atoms with Crippen LogP contribution in [0.4, 0.5) is 0 Å². The van der Waals surface area contributed by atoms with E-state index < -0.39 is 10.0 Å². The Morgan fingerprint density at radius 3 is 1.84 bits per heavy atom. The maximum absolute atomic E-state index is 13.2. The molecule has 132 valence electrons. The summed E-state index contributed by atoms with van der Waals surface area (Å²) >= 11 is 3.17. The van der Waals surface area contributed by atoms with E-state index in [4.69, 9.17) is 0 Å². The lowest BCUT2D eigenvalue weighted by molar-refractivity contribution is 0.402. The van der Waals surface area contributed by atoms with Crippen LogP contribution in [0.5, 0.6) is 0 Å². The minimum absolute atomic E-state index is 0.359. The maximum Gasteiger partial charge on any atom is 0.243 e. The first kappa shape index (κ1) is 18.3. The van der Waals surface area contributed by atoms with Gasteiger partial charge < -0.3 is 0 Å². The monoisotopic (exact) mass is 391 g/mol. The summed E-state index contributed by atoms with van der Waals surface area (Å²) in [7, 11) is -3.54. The summed E-state index contributed by atoms with van der Waals surface area (Å²) in [5.41, 5.74) is 3.21. The molecule has 2 aromatic heterocycles. The van der Waals surface area contributed by atoms with Crippen LogP contribution in [-0.2, 0) is 29.5 Å². The molecule has 0 aliphatic rings. The van der Waals surface area contributed by atoms with Gasteiger partial charge >= 0.3 is 0 Å². The second-order valence-electron chi connectivity index (χ2n) is 5.93. The van der Waals surface area contributed by atoms with Crippen LogP contribution >= 0.6 is 22.7 Å². The van der Waals surface area contributed by atoms with Crippen LogP contribution in [0.25, 0.3) is 0 Å². The van der Waals surface area contributed by atoms with Crippen LogP contribution in [-0.4, -0.2) is 12.7 Å². The third-order valence-electron chi connectivity index (χ3n) is 3.98. The molecule has 0 radical (unpaired) electrons. The fraction of sp³-hybridized carbons (Fsp3) is 0.263. The van der Waals surface area contributed by atoms with E-state index in [1.807, 2.05) is 45.8 Å². The van der Waals surface area contributed by atoms with E-state index in [0.29, 0.717) is 18.0 Å². The Morgan fingerprint density at radius 2 is 1.40 bits per heavy atom. The van der Waals surface area contributed by atoms with Crippen molar-refractivity contribution in [3.8, 4) is 0 Å². The Balaban J connectivity index is 1.89. The molecule has 0 unspecified atom stereocenters. The number of rotatable bonds is 8. The fourth-order valence-electron chi connectivity index (χ4n) is 2.66. The predicted molar refractivity (Wildman–Crippen MR) is 106 cm³/mol. The Labute approximate surface area is 157 Å². The van der Waals surface area contributed by atoms with Crippen molar-refractivity contribution >= 4 is 32.7 Å².